The van der Waals surface area contributed by atoms with Gasteiger partial charge in [-0.15, -0.1) is 0 Å². The van der Waals surface area contributed by atoms with Gasteiger partial charge in [-0.1, -0.05) is 36.4 Å². The van der Waals surface area contributed by atoms with Gasteiger partial charge in [-0.2, -0.15) is 0 Å². The zero-order chi connectivity index (χ0) is 26.1. The molecule has 2 aliphatic heterocycles. The highest BCUT2D eigenvalue weighted by Gasteiger charge is 2.72. The molecular formula is C28H30N2O7. The van der Waals surface area contributed by atoms with Crippen molar-refractivity contribution in [1.29, 1.82) is 0 Å². The molecule has 1 spiro atoms. The van der Waals surface area contributed by atoms with Crippen molar-refractivity contribution in [3.8, 4) is 11.5 Å². The van der Waals surface area contributed by atoms with Crippen LogP contribution in [0.3, 0.4) is 0 Å². The van der Waals surface area contributed by atoms with Crippen LogP contribution in [-0.4, -0.2) is 69.5 Å². The number of phenols is 1. The summed E-state index contributed by atoms with van der Waals surface area (Å²) in [6, 6.07) is 10.7. The smallest absolute Gasteiger partial charge is 0.333 e. The summed E-state index contributed by atoms with van der Waals surface area (Å²) in [5.74, 6) is -0.855. The van der Waals surface area contributed by atoms with Gasteiger partial charge in [-0.25, -0.2) is 4.79 Å². The van der Waals surface area contributed by atoms with Crippen molar-refractivity contribution in [2.45, 2.75) is 61.5 Å². The van der Waals surface area contributed by atoms with Gasteiger partial charge in [0.1, 0.15) is 11.8 Å². The Bertz CT molecular complexity index is 1310. The second-order valence-corrected chi connectivity index (χ2v) is 10.6. The second kappa shape index (κ2) is 8.31. The Hall–Kier alpha value is -3.40. The number of aromatic hydroxyl groups is 1. The van der Waals surface area contributed by atoms with Crippen LogP contribution >= 0.6 is 0 Å². The molecule has 2 aromatic carbocycles. The van der Waals surface area contributed by atoms with E-state index in [0.717, 1.165) is 11.1 Å². The lowest BCUT2D eigenvalue weighted by atomic mass is 9.50. The van der Waals surface area contributed by atoms with Crippen LogP contribution in [-0.2, 0) is 26.2 Å². The zero-order valence-corrected chi connectivity index (χ0v) is 20.7. The van der Waals surface area contributed by atoms with E-state index in [1.54, 1.807) is 42.5 Å². The number of likely N-dealkylation sites (N-methyl/N-ethyl adjacent to an activating group) is 1. The van der Waals surface area contributed by atoms with Gasteiger partial charge >= 0.3 is 5.97 Å². The summed E-state index contributed by atoms with van der Waals surface area (Å²) < 4.78 is 12.1. The number of rotatable bonds is 5. The van der Waals surface area contributed by atoms with Gasteiger partial charge in [-0.05, 0) is 56.6 Å². The lowest BCUT2D eigenvalue weighted by molar-refractivity contribution is -0.170. The molecule has 9 heteroatoms. The SMILES string of the molecule is C[C@H](NC(=O)[C@@H](O)c1ccccc1)C(=O)OC1=CC[C@@]2(O)[C@H]3Cc4ccc(O)c5c4[C@@]2(CCN3C)[C@H]1O5. The first-order valence-corrected chi connectivity index (χ1v) is 12.6. The molecule has 0 unspecified atom stereocenters. The third-order valence-electron chi connectivity index (χ3n) is 8.65. The summed E-state index contributed by atoms with van der Waals surface area (Å²) in [5.41, 5.74) is 0.201. The number of benzene rings is 2. The molecule has 2 heterocycles. The highest BCUT2D eigenvalue weighted by atomic mass is 16.6. The number of hydrogen-bond acceptors (Lipinski definition) is 8. The predicted molar refractivity (Wildman–Crippen MR) is 132 cm³/mol. The quantitative estimate of drug-likeness (QED) is 0.449. The molecule has 2 aromatic rings. The first kappa shape index (κ1) is 24.0. The number of esters is 1. The summed E-state index contributed by atoms with van der Waals surface area (Å²) in [6.45, 7) is 2.20. The lowest BCUT2D eigenvalue weighted by Crippen LogP contribution is -2.74. The molecule has 4 aliphatic rings. The number of aliphatic hydroxyl groups is 2. The first-order valence-electron chi connectivity index (χ1n) is 12.6. The van der Waals surface area contributed by atoms with Gasteiger partial charge in [0.15, 0.2) is 23.7 Å². The van der Waals surface area contributed by atoms with E-state index in [2.05, 4.69) is 10.2 Å². The Balaban J connectivity index is 1.27. The van der Waals surface area contributed by atoms with Crippen LogP contribution < -0.4 is 10.1 Å². The fourth-order valence-electron chi connectivity index (χ4n) is 6.78. The Labute approximate surface area is 214 Å². The molecule has 1 amide bonds. The average molecular weight is 507 g/mol. The number of phenolic OH excluding ortho intramolecular Hbond substituents is 1. The second-order valence-electron chi connectivity index (χ2n) is 10.6. The fourth-order valence-corrected chi connectivity index (χ4v) is 6.78. The Morgan fingerprint density at radius 2 is 1.97 bits per heavy atom. The van der Waals surface area contributed by atoms with E-state index in [9.17, 15) is 24.9 Å². The summed E-state index contributed by atoms with van der Waals surface area (Å²) >= 11 is 0. The molecule has 6 atom stereocenters. The monoisotopic (exact) mass is 506 g/mol. The van der Waals surface area contributed by atoms with E-state index in [0.29, 0.717) is 30.7 Å². The van der Waals surface area contributed by atoms with Crippen LogP contribution in [0.2, 0.25) is 0 Å². The molecule has 4 N–H and O–H groups in total. The maximum atomic E-state index is 13.1. The van der Waals surface area contributed by atoms with Crippen LogP contribution in [0, 0.1) is 0 Å². The lowest BCUT2D eigenvalue weighted by Gasteiger charge is -2.61. The molecule has 37 heavy (non-hydrogen) atoms. The van der Waals surface area contributed by atoms with Crippen molar-refractivity contribution >= 4 is 11.9 Å². The van der Waals surface area contributed by atoms with Crippen molar-refractivity contribution in [3.05, 3.63) is 71.0 Å². The molecule has 0 saturated carbocycles. The maximum absolute atomic E-state index is 13.1. The highest BCUT2D eigenvalue weighted by molar-refractivity contribution is 5.87. The summed E-state index contributed by atoms with van der Waals surface area (Å²) in [4.78, 5) is 27.8. The van der Waals surface area contributed by atoms with Crippen molar-refractivity contribution < 1.29 is 34.4 Å². The number of likely N-dealkylation sites (tertiary alicyclic amines) is 1. The molecule has 1 saturated heterocycles. The van der Waals surface area contributed by atoms with Gasteiger partial charge in [0.05, 0.1) is 11.0 Å². The van der Waals surface area contributed by atoms with E-state index >= 15 is 0 Å². The normalized spacial score (nSPS) is 30.9. The molecule has 6 rings (SSSR count). The van der Waals surface area contributed by atoms with E-state index in [-0.39, 0.29) is 24.0 Å². The summed E-state index contributed by atoms with van der Waals surface area (Å²) in [5, 5.41) is 35.6. The predicted octanol–water partition coefficient (Wildman–Crippen LogP) is 1.45. The number of piperidine rings is 1. The number of nitrogens with one attached hydrogen (secondary N) is 1. The van der Waals surface area contributed by atoms with Gasteiger partial charge in [-0.3, -0.25) is 4.79 Å². The molecule has 194 valence electrons. The minimum absolute atomic E-state index is 0.0107. The van der Waals surface area contributed by atoms with E-state index in [1.165, 1.54) is 6.92 Å². The van der Waals surface area contributed by atoms with Gasteiger partial charge in [0.2, 0.25) is 0 Å². The summed E-state index contributed by atoms with van der Waals surface area (Å²) in [7, 11) is 2.00. The zero-order valence-electron chi connectivity index (χ0n) is 20.7. The van der Waals surface area contributed by atoms with Crippen molar-refractivity contribution in [3.63, 3.8) is 0 Å². The van der Waals surface area contributed by atoms with E-state index in [1.807, 2.05) is 13.1 Å². The fraction of sp³-hybridized carbons (Fsp3) is 0.429. The van der Waals surface area contributed by atoms with Gasteiger partial charge in [0, 0.05) is 18.0 Å². The molecule has 2 bridgehead atoms. The van der Waals surface area contributed by atoms with Crippen molar-refractivity contribution in [2.24, 2.45) is 0 Å². The number of amides is 1. The minimum atomic E-state index is -1.42. The third kappa shape index (κ3) is 3.27. The number of nitrogens with zero attached hydrogens (tertiary/aromatic N) is 1. The Morgan fingerprint density at radius 3 is 2.73 bits per heavy atom. The minimum Gasteiger partial charge on any atom is -0.504 e. The van der Waals surface area contributed by atoms with E-state index < -0.39 is 41.1 Å². The third-order valence-corrected chi connectivity index (χ3v) is 8.65. The Morgan fingerprint density at radius 1 is 1.22 bits per heavy atom. The Kier molecular flexibility index (Phi) is 5.38. The van der Waals surface area contributed by atoms with Crippen LogP contribution in [0.1, 0.15) is 42.6 Å². The topological polar surface area (TPSA) is 129 Å². The molecule has 2 aliphatic carbocycles. The summed E-state index contributed by atoms with van der Waals surface area (Å²) in [6.07, 6.45) is 0.914. The number of hydrogen-bond donors (Lipinski definition) is 4. The van der Waals surface area contributed by atoms with Crippen LogP contribution in [0.5, 0.6) is 11.5 Å². The molecule has 1 fully saturated rings. The van der Waals surface area contributed by atoms with E-state index in [4.69, 9.17) is 9.47 Å². The first-order chi connectivity index (χ1) is 17.7. The average Bonchev–Trinajstić information content (AvgIpc) is 3.25. The van der Waals surface area contributed by atoms with Crippen LogP contribution in [0.15, 0.2) is 54.3 Å². The maximum Gasteiger partial charge on any atom is 0.333 e. The largest absolute Gasteiger partial charge is 0.504 e. The van der Waals surface area contributed by atoms with Crippen LogP contribution in [0.25, 0.3) is 0 Å². The van der Waals surface area contributed by atoms with Crippen molar-refractivity contribution in [1.82, 2.24) is 10.2 Å². The molecular weight excluding hydrogens is 476 g/mol. The van der Waals surface area contributed by atoms with Crippen LogP contribution in [0.4, 0.5) is 0 Å². The number of carbonyl (C=O) groups excluding carboxylic acids is 2. The number of ether oxygens (including phenoxy) is 2. The number of aliphatic hydroxyl groups excluding tert-OH is 1. The molecule has 0 aromatic heterocycles. The van der Waals surface area contributed by atoms with Gasteiger partial charge < -0.3 is 35.0 Å². The number of carbonyl (C=O) groups is 2. The highest BCUT2D eigenvalue weighted by Crippen LogP contribution is 2.65. The van der Waals surface area contributed by atoms with Gasteiger partial charge in [0.25, 0.3) is 5.91 Å². The molecule has 0 radical (unpaired) electrons. The van der Waals surface area contributed by atoms with Crippen molar-refractivity contribution in [2.75, 3.05) is 13.6 Å². The molecule has 9 nitrogen and oxygen atoms in total. The standard InChI is InChI=1S/C28H30N2O7/c1-15(29-25(33)22(32)16-6-4-3-5-7-16)26(34)36-19-10-11-28(35)20-14-17-8-9-18(31)23-21(17)27(28,24(19)37-23)12-13-30(20)2/h3-10,15,20,22,24,31-32,35H,11-14H2,1-2H3,(H,29,33)/t15-,20+,22-,24-,27-,28+/m0/s1.